The quantitative estimate of drug-likeness (QED) is 0.741. The Balaban J connectivity index is 2.41. The van der Waals surface area contributed by atoms with Gasteiger partial charge >= 0.3 is 6.03 Å². The van der Waals surface area contributed by atoms with Gasteiger partial charge < -0.3 is 15.7 Å². The van der Waals surface area contributed by atoms with Gasteiger partial charge in [0.05, 0.1) is 6.10 Å². The van der Waals surface area contributed by atoms with Crippen LogP contribution in [-0.2, 0) is 0 Å². The highest BCUT2D eigenvalue weighted by atomic mass is 19.1. The molecule has 106 valence electrons. The van der Waals surface area contributed by atoms with Crippen LogP contribution in [0.1, 0.15) is 38.4 Å². The van der Waals surface area contributed by atoms with E-state index in [1.54, 1.807) is 6.07 Å². The van der Waals surface area contributed by atoms with Gasteiger partial charge in [-0.25, -0.2) is 9.18 Å². The Morgan fingerprint density at radius 1 is 1.37 bits per heavy atom. The van der Waals surface area contributed by atoms with Gasteiger partial charge in [0.1, 0.15) is 5.82 Å². The standard InChI is InChI=1S/C14H21FN2O2/c1-3-12(4-2)17-14(19)16-9-13(18)10-6-5-7-11(15)8-10/h5-8,12-13,18H,3-4,9H2,1-2H3,(H2,16,17,19). The van der Waals surface area contributed by atoms with E-state index in [9.17, 15) is 14.3 Å². The van der Waals surface area contributed by atoms with Crippen LogP contribution in [0.25, 0.3) is 0 Å². The number of aliphatic hydroxyl groups excluding tert-OH is 1. The number of nitrogens with one attached hydrogen (secondary N) is 2. The Kier molecular flexibility index (Phi) is 6.29. The van der Waals surface area contributed by atoms with E-state index in [4.69, 9.17) is 0 Å². The zero-order valence-electron chi connectivity index (χ0n) is 11.3. The Morgan fingerprint density at radius 2 is 2.05 bits per heavy atom. The summed E-state index contributed by atoms with van der Waals surface area (Å²) < 4.78 is 13.0. The minimum atomic E-state index is -0.914. The van der Waals surface area contributed by atoms with Gasteiger partial charge in [-0.1, -0.05) is 26.0 Å². The second-order valence-electron chi connectivity index (χ2n) is 4.44. The molecule has 2 amide bonds. The molecule has 5 heteroatoms. The fourth-order valence-electron chi connectivity index (χ4n) is 1.75. The average Bonchev–Trinajstić information content (AvgIpc) is 2.42. The van der Waals surface area contributed by atoms with Crippen molar-refractivity contribution in [3.05, 3.63) is 35.6 Å². The lowest BCUT2D eigenvalue weighted by atomic mass is 10.1. The molecule has 19 heavy (non-hydrogen) atoms. The van der Waals surface area contributed by atoms with Gasteiger partial charge in [0.2, 0.25) is 0 Å². The van der Waals surface area contributed by atoms with E-state index in [0.717, 1.165) is 12.8 Å². The van der Waals surface area contributed by atoms with E-state index in [2.05, 4.69) is 10.6 Å². The Hall–Kier alpha value is -1.62. The average molecular weight is 268 g/mol. The number of amides is 2. The van der Waals surface area contributed by atoms with Crippen LogP contribution in [0.3, 0.4) is 0 Å². The summed E-state index contributed by atoms with van der Waals surface area (Å²) in [5.74, 6) is -0.405. The number of hydrogen-bond acceptors (Lipinski definition) is 2. The Bertz CT molecular complexity index is 408. The van der Waals surface area contributed by atoms with E-state index < -0.39 is 11.9 Å². The molecule has 1 aromatic rings. The maximum Gasteiger partial charge on any atom is 0.315 e. The molecule has 1 aromatic carbocycles. The summed E-state index contributed by atoms with van der Waals surface area (Å²) in [6.45, 7) is 4.04. The molecule has 0 saturated carbocycles. The Morgan fingerprint density at radius 3 is 2.63 bits per heavy atom. The van der Waals surface area contributed by atoms with Gasteiger partial charge in [0.15, 0.2) is 0 Å². The second kappa shape index (κ2) is 7.74. The topological polar surface area (TPSA) is 61.4 Å². The smallest absolute Gasteiger partial charge is 0.315 e. The predicted molar refractivity (Wildman–Crippen MR) is 72.3 cm³/mol. The molecule has 0 saturated heterocycles. The minimum Gasteiger partial charge on any atom is -0.387 e. The summed E-state index contributed by atoms with van der Waals surface area (Å²) in [7, 11) is 0. The molecule has 4 nitrogen and oxygen atoms in total. The number of halogens is 1. The Labute approximate surface area is 113 Å². The largest absolute Gasteiger partial charge is 0.387 e. The van der Waals surface area contributed by atoms with Crippen molar-refractivity contribution in [2.24, 2.45) is 0 Å². The zero-order chi connectivity index (χ0) is 14.3. The third-order valence-corrected chi connectivity index (χ3v) is 3.01. The van der Waals surface area contributed by atoms with Crippen molar-refractivity contribution in [3.8, 4) is 0 Å². The van der Waals surface area contributed by atoms with Crippen molar-refractivity contribution in [1.82, 2.24) is 10.6 Å². The van der Waals surface area contributed by atoms with Gasteiger partial charge in [-0.2, -0.15) is 0 Å². The second-order valence-corrected chi connectivity index (χ2v) is 4.44. The molecule has 0 fully saturated rings. The van der Waals surface area contributed by atoms with E-state index in [-0.39, 0.29) is 18.6 Å². The third kappa shape index (κ3) is 5.26. The molecule has 0 aliphatic heterocycles. The van der Waals surface area contributed by atoms with Gasteiger partial charge in [-0.05, 0) is 30.5 Å². The van der Waals surface area contributed by atoms with Crippen LogP contribution >= 0.6 is 0 Å². The van der Waals surface area contributed by atoms with Crippen molar-refractivity contribution in [2.75, 3.05) is 6.54 Å². The number of rotatable bonds is 6. The molecule has 0 heterocycles. The molecule has 1 atom stereocenters. The third-order valence-electron chi connectivity index (χ3n) is 3.01. The van der Waals surface area contributed by atoms with Gasteiger partial charge in [0, 0.05) is 12.6 Å². The molecule has 1 rings (SSSR count). The minimum absolute atomic E-state index is 0.0510. The molecule has 0 radical (unpaired) electrons. The number of hydrogen-bond donors (Lipinski definition) is 3. The van der Waals surface area contributed by atoms with E-state index in [0.29, 0.717) is 5.56 Å². The first-order chi connectivity index (χ1) is 9.06. The number of urea groups is 1. The molecule has 0 bridgehead atoms. The SMILES string of the molecule is CCC(CC)NC(=O)NCC(O)c1cccc(F)c1. The van der Waals surface area contributed by atoms with Crippen molar-refractivity contribution in [1.29, 1.82) is 0 Å². The molecular formula is C14H21FN2O2. The van der Waals surface area contributed by atoms with E-state index in [1.165, 1.54) is 18.2 Å². The fourth-order valence-corrected chi connectivity index (χ4v) is 1.75. The van der Waals surface area contributed by atoms with Crippen LogP contribution in [-0.4, -0.2) is 23.7 Å². The first-order valence-electron chi connectivity index (χ1n) is 6.54. The van der Waals surface area contributed by atoms with Gasteiger partial charge in [0.25, 0.3) is 0 Å². The van der Waals surface area contributed by atoms with Crippen molar-refractivity contribution >= 4 is 6.03 Å². The van der Waals surface area contributed by atoms with Crippen LogP contribution in [0.15, 0.2) is 24.3 Å². The summed E-state index contributed by atoms with van der Waals surface area (Å²) in [5, 5.41) is 15.2. The summed E-state index contributed by atoms with van der Waals surface area (Å²) in [5.41, 5.74) is 0.447. The maximum atomic E-state index is 13.0. The molecule has 0 aliphatic rings. The predicted octanol–water partition coefficient (Wildman–Crippen LogP) is 2.35. The van der Waals surface area contributed by atoms with Crippen LogP contribution in [0.5, 0.6) is 0 Å². The van der Waals surface area contributed by atoms with Gasteiger partial charge in [-0.3, -0.25) is 0 Å². The normalized spacial score (nSPS) is 12.3. The van der Waals surface area contributed by atoms with Gasteiger partial charge in [-0.15, -0.1) is 0 Å². The van der Waals surface area contributed by atoms with Crippen molar-refractivity contribution < 1.29 is 14.3 Å². The lowest BCUT2D eigenvalue weighted by Crippen LogP contribution is -2.42. The first kappa shape index (κ1) is 15.4. The molecule has 1 unspecified atom stereocenters. The maximum absolute atomic E-state index is 13.0. The van der Waals surface area contributed by atoms with Crippen LogP contribution < -0.4 is 10.6 Å². The monoisotopic (exact) mass is 268 g/mol. The highest BCUT2D eigenvalue weighted by molar-refractivity contribution is 5.74. The van der Waals surface area contributed by atoms with Crippen LogP contribution in [0.2, 0.25) is 0 Å². The number of carbonyl (C=O) groups is 1. The highest BCUT2D eigenvalue weighted by Gasteiger charge is 2.12. The van der Waals surface area contributed by atoms with Crippen LogP contribution in [0, 0.1) is 5.82 Å². The first-order valence-corrected chi connectivity index (χ1v) is 6.54. The molecule has 3 N–H and O–H groups in total. The zero-order valence-corrected chi connectivity index (χ0v) is 11.3. The summed E-state index contributed by atoms with van der Waals surface area (Å²) in [6, 6.07) is 5.52. The lowest BCUT2D eigenvalue weighted by molar-refractivity contribution is 0.172. The van der Waals surface area contributed by atoms with Crippen molar-refractivity contribution in [2.45, 2.75) is 38.8 Å². The lowest BCUT2D eigenvalue weighted by Gasteiger charge is -2.17. The molecular weight excluding hydrogens is 247 g/mol. The highest BCUT2D eigenvalue weighted by Crippen LogP contribution is 2.12. The number of aliphatic hydroxyl groups is 1. The number of carbonyl (C=O) groups excluding carboxylic acids is 1. The molecule has 0 aromatic heterocycles. The summed E-state index contributed by atoms with van der Waals surface area (Å²) >= 11 is 0. The van der Waals surface area contributed by atoms with E-state index in [1.807, 2.05) is 13.8 Å². The van der Waals surface area contributed by atoms with Crippen molar-refractivity contribution in [3.63, 3.8) is 0 Å². The van der Waals surface area contributed by atoms with E-state index >= 15 is 0 Å². The fraction of sp³-hybridized carbons (Fsp3) is 0.500. The summed E-state index contributed by atoms with van der Waals surface area (Å²) in [6.07, 6.45) is 0.801. The number of benzene rings is 1. The molecule has 0 aliphatic carbocycles. The molecule has 0 spiro atoms. The van der Waals surface area contributed by atoms with Crippen LogP contribution in [0.4, 0.5) is 9.18 Å². The summed E-state index contributed by atoms with van der Waals surface area (Å²) in [4.78, 5) is 11.6.